The van der Waals surface area contributed by atoms with Crippen molar-refractivity contribution in [2.75, 3.05) is 24.7 Å². The van der Waals surface area contributed by atoms with Crippen LogP contribution in [0.25, 0.3) is 11.3 Å². The molecule has 0 unspecified atom stereocenters. The quantitative estimate of drug-likeness (QED) is 0.624. The third kappa shape index (κ3) is 3.44. The van der Waals surface area contributed by atoms with Gasteiger partial charge in [0.05, 0.1) is 17.9 Å². The maximum Gasteiger partial charge on any atom is 0.251 e. The van der Waals surface area contributed by atoms with Crippen LogP contribution < -0.4 is 21.1 Å². The highest BCUT2D eigenvalue weighted by Gasteiger charge is 2.23. The molecular weight excluding hydrogens is 356 g/mol. The number of anilines is 2. The number of carbonyl (C=O) groups is 1. The maximum atomic E-state index is 11.8. The Kier molecular flexibility index (Phi) is 4.76. The predicted octanol–water partition coefficient (Wildman–Crippen LogP) is 2.03. The fraction of sp³-hybridized carbons (Fsp3) is 0.200. The highest BCUT2D eigenvalue weighted by Crippen LogP contribution is 2.39. The Morgan fingerprint density at radius 3 is 3.00 bits per heavy atom. The minimum Gasteiger partial charge on any atom is -0.492 e. The van der Waals surface area contributed by atoms with Gasteiger partial charge in [0.15, 0.2) is 0 Å². The molecule has 4 rings (SSSR count). The Labute approximate surface area is 162 Å². The van der Waals surface area contributed by atoms with Crippen LogP contribution in [0.2, 0.25) is 0 Å². The lowest BCUT2D eigenvalue weighted by molar-refractivity contribution is 0.0963. The van der Waals surface area contributed by atoms with Crippen LogP contribution in [0.1, 0.15) is 21.5 Å². The summed E-state index contributed by atoms with van der Waals surface area (Å²) < 4.78 is 5.85. The molecule has 1 amide bonds. The summed E-state index contributed by atoms with van der Waals surface area (Å²) in [7, 11) is 1.62. The second kappa shape index (κ2) is 7.51. The van der Waals surface area contributed by atoms with E-state index in [1.807, 2.05) is 18.2 Å². The van der Waals surface area contributed by atoms with Gasteiger partial charge < -0.3 is 21.1 Å². The first-order chi connectivity index (χ1) is 13.7. The Morgan fingerprint density at radius 2 is 2.18 bits per heavy atom. The second-order valence-electron chi connectivity index (χ2n) is 6.36. The van der Waals surface area contributed by atoms with Crippen molar-refractivity contribution in [2.45, 2.75) is 13.0 Å². The predicted molar refractivity (Wildman–Crippen MR) is 106 cm³/mol. The molecule has 0 aliphatic carbocycles. The average molecular weight is 376 g/mol. The van der Waals surface area contributed by atoms with E-state index in [2.05, 4.69) is 25.6 Å². The van der Waals surface area contributed by atoms with Crippen LogP contribution >= 0.6 is 0 Å². The molecule has 1 aromatic carbocycles. The molecule has 4 N–H and O–H groups in total. The number of benzene rings is 1. The van der Waals surface area contributed by atoms with Crippen molar-refractivity contribution in [3.05, 3.63) is 59.4 Å². The molecule has 0 bridgehead atoms. The molecule has 8 nitrogen and oxygen atoms in total. The van der Waals surface area contributed by atoms with Gasteiger partial charge >= 0.3 is 0 Å². The first-order valence-corrected chi connectivity index (χ1v) is 8.94. The zero-order valence-electron chi connectivity index (χ0n) is 15.4. The van der Waals surface area contributed by atoms with Crippen LogP contribution in [0.15, 0.2) is 42.7 Å². The summed E-state index contributed by atoms with van der Waals surface area (Å²) in [6.07, 6.45) is 4.11. The number of aromatic nitrogens is 3. The number of nitrogens with two attached hydrogens (primary N) is 1. The largest absolute Gasteiger partial charge is 0.492 e. The van der Waals surface area contributed by atoms with Crippen LogP contribution in [-0.4, -0.2) is 34.5 Å². The van der Waals surface area contributed by atoms with E-state index in [1.54, 1.807) is 31.6 Å². The van der Waals surface area contributed by atoms with E-state index in [-0.39, 0.29) is 11.9 Å². The molecule has 0 fully saturated rings. The van der Waals surface area contributed by atoms with E-state index < -0.39 is 0 Å². The van der Waals surface area contributed by atoms with Gasteiger partial charge in [-0.1, -0.05) is 12.1 Å². The van der Waals surface area contributed by atoms with Crippen LogP contribution in [-0.2, 0) is 13.0 Å². The van der Waals surface area contributed by atoms with Crippen LogP contribution in [0.4, 0.5) is 11.8 Å². The van der Waals surface area contributed by atoms with Crippen molar-refractivity contribution < 1.29 is 9.53 Å². The number of amides is 1. The molecule has 1 aliphatic rings. The first kappa shape index (κ1) is 17.7. The minimum atomic E-state index is -0.109. The van der Waals surface area contributed by atoms with E-state index in [0.29, 0.717) is 24.4 Å². The molecule has 0 radical (unpaired) electrons. The third-order valence-corrected chi connectivity index (χ3v) is 4.55. The number of rotatable bonds is 5. The summed E-state index contributed by atoms with van der Waals surface area (Å²) in [6.45, 7) is 1.14. The summed E-state index contributed by atoms with van der Waals surface area (Å²) in [6, 6.07) is 9.26. The number of nitrogens with zero attached hydrogens (tertiary/aromatic N) is 3. The fourth-order valence-corrected chi connectivity index (χ4v) is 3.20. The van der Waals surface area contributed by atoms with E-state index in [0.717, 1.165) is 34.7 Å². The van der Waals surface area contributed by atoms with Crippen molar-refractivity contribution in [1.29, 1.82) is 0 Å². The van der Waals surface area contributed by atoms with Gasteiger partial charge in [0.2, 0.25) is 5.95 Å². The van der Waals surface area contributed by atoms with Gasteiger partial charge in [-0.3, -0.25) is 4.79 Å². The van der Waals surface area contributed by atoms with Gasteiger partial charge in [-0.05, 0) is 23.8 Å². The lowest BCUT2D eigenvalue weighted by Gasteiger charge is -2.13. The topological polar surface area (TPSA) is 115 Å². The number of pyridine rings is 1. The van der Waals surface area contributed by atoms with Gasteiger partial charge in [-0.25, -0.2) is 15.0 Å². The Balaban J connectivity index is 1.59. The molecule has 1 aliphatic heterocycles. The normalized spacial score (nSPS) is 12.2. The zero-order valence-corrected chi connectivity index (χ0v) is 15.4. The van der Waals surface area contributed by atoms with Gasteiger partial charge in [-0.15, -0.1) is 0 Å². The summed E-state index contributed by atoms with van der Waals surface area (Å²) in [5.41, 5.74) is 9.81. The monoisotopic (exact) mass is 376 g/mol. The number of hydrogen-bond acceptors (Lipinski definition) is 7. The first-order valence-electron chi connectivity index (χ1n) is 8.94. The van der Waals surface area contributed by atoms with Crippen molar-refractivity contribution in [3.8, 4) is 17.0 Å². The van der Waals surface area contributed by atoms with Gasteiger partial charge in [0.25, 0.3) is 5.91 Å². The van der Waals surface area contributed by atoms with Crippen molar-refractivity contribution in [2.24, 2.45) is 0 Å². The van der Waals surface area contributed by atoms with E-state index in [9.17, 15) is 4.79 Å². The summed E-state index contributed by atoms with van der Waals surface area (Å²) in [5.74, 6) is 1.64. The number of nitrogen functional groups attached to an aromatic ring is 1. The minimum absolute atomic E-state index is 0.109. The molecule has 3 heterocycles. The Hall–Kier alpha value is -3.68. The molecule has 142 valence electrons. The SMILES string of the molecule is CNC(=O)c1cccc(CNc2ncc(-c3ccnc(N)n3)c3c2CCO3)c1. The van der Waals surface area contributed by atoms with E-state index >= 15 is 0 Å². The average Bonchev–Trinajstić information content (AvgIpc) is 3.21. The Morgan fingerprint density at radius 1 is 1.29 bits per heavy atom. The summed E-state index contributed by atoms with van der Waals surface area (Å²) in [5, 5.41) is 5.99. The van der Waals surface area contributed by atoms with Crippen molar-refractivity contribution in [3.63, 3.8) is 0 Å². The van der Waals surface area contributed by atoms with Crippen LogP contribution in [0.5, 0.6) is 5.75 Å². The number of ether oxygens (including phenoxy) is 1. The molecule has 0 atom stereocenters. The van der Waals surface area contributed by atoms with E-state index in [4.69, 9.17) is 10.5 Å². The Bertz CT molecular complexity index is 1040. The van der Waals surface area contributed by atoms with Gasteiger partial charge in [-0.2, -0.15) is 0 Å². The lowest BCUT2D eigenvalue weighted by Crippen LogP contribution is -2.18. The molecule has 0 spiro atoms. The van der Waals surface area contributed by atoms with E-state index in [1.165, 1.54) is 0 Å². The van der Waals surface area contributed by atoms with Crippen molar-refractivity contribution >= 4 is 17.7 Å². The third-order valence-electron chi connectivity index (χ3n) is 4.55. The zero-order chi connectivity index (χ0) is 19.5. The molecule has 2 aromatic heterocycles. The highest BCUT2D eigenvalue weighted by molar-refractivity contribution is 5.94. The highest BCUT2D eigenvalue weighted by atomic mass is 16.5. The van der Waals surface area contributed by atoms with Gasteiger partial charge in [0.1, 0.15) is 11.6 Å². The lowest BCUT2D eigenvalue weighted by atomic mass is 10.1. The molecular formula is C20H20N6O2. The smallest absolute Gasteiger partial charge is 0.251 e. The molecule has 3 aromatic rings. The molecule has 8 heteroatoms. The second-order valence-corrected chi connectivity index (χ2v) is 6.36. The molecule has 0 saturated heterocycles. The van der Waals surface area contributed by atoms with Crippen LogP contribution in [0, 0.1) is 0 Å². The van der Waals surface area contributed by atoms with Gasteiger partial charge in [0, 0.05) is 43.5 Å². The number of hydrogen-bond donors (Lipinski definition) is 3. The fourth-order valence-electron chi connectivity index (χ4n) is 3.20. The number of nitrogens with one attached hydrogen (secondary N) is 2. The van der Waals surface area contributed by atoms with Crippen LogP contribution in [0.3, 0.4) is 0 Å². The standard InChI is InChI=1S/C20H20N6O2/c1-22-19(27)13-4-2-3-12(9-13)10-24-18-14-6-8-28-17(14)15(11-25-18)16-5-7-23-20(21)26-16/h2-5,7,9,11H,6,8,10H2,1H3,(H,22,27)(H,24,25)(H2,21,23,26). The summed E-state index contributed by atoms with van der Waals surface area (Å²) in [4.78, 5) is 24.6. The maximum absolute atomic E-state index is 11.8. The number of carbonyl (C=O) groups excluding carboxylic acids is 1. The molecule has 0 saturated carbocycles. The molecule has 28 heavy (non-hydrogen) atoms. The number of fused-ring (bicyclic) bond motifs is 1. The summed E-state index contributed by atoms with van der Waals surface area (Å²) >= 11 is 0. The van der Waals surface area contributed by atoms with Crippen molar-refractivity contribution in [1.82, 2.24) is 20.3 Å².